The highest BCUT2D eigenvalue weighted by atomic mass is 16.5. The van der Waals surface area contributed by atoms with Crippen molar-refractivity contribution < 1.29 is 9.53 Å². The van der Waals surface area contributed by atoms with Gasteiger partial charge < -0.3 is 4.74 Å². The van der Waals surface area contributed by atoms with Crippen molar-refractivity contribution in [1.82, 2.24) is 0 Å². The molecule has 22 heavy (non-hydrogen) atoms. The quantitative estimate of drug-likeness (QED) is 0.599. The van der Waals surface area contributed by atoms with Gasteiger partial charge in [-0.2, -0.15) is 0 Å². The first kappa shape index (κ1) is 16.8. The van der Waals surface area contributed by atoms with Gasteiger partial charge in [0, 0.05) is 5.92 Å². The molecule has 0 heterocycles. The van der Waals surface area contributed by atoms with Gasteiger partial charge in [0.15, 0.2) is 5.78 Å². The van der Waals surface area contributed by atoms with Gasteiger partial charge in [0.1, 0.15) is 5.75 Å². The molecule has 0 aromatic heterocycles. The molecule has 2 nitrogen and oxygen atoms in total. The van der Waals surface area contributed by atoms with E-state index in [-0.39, 0.29) is 5.92 Å². The zero-order valence-electron chi connectivity index (χ0n) is 13.9. The number of hydrogen-bond acceptors (Lipinski definition) is 2. The van der Waals surface area contributed by atoms with E-state index in [1.165, 1.54) is 12.0 Å². The van der Waals surface area contributed by atoms with Crippen LogP contribution in [0.5, 0.6) is 5.75 Å². The summed E-state index contributed by atoms with van der Waals surface area (Å²) in [5.74, 6) is 1.49. The number of carbonyl (C=O) groups is 1. The van der Waals surface area contributed by atoms with Crippen LogP contribution in [-0.2, 0) is 4.79 Å². The summed E-state index contributed by atoms with van der Waals surface area (Å²) in [5.41, 5.74) is 2.34. The number of rotatable bonds is 8. The Hall–Kier alpha value is -1.57. The molecule has 1 aromatic rings. The lowest BCUT2D eigenvalue weighted by Gasteiger charge is -2.21. The molecule has 120 valence electrons. The van der Waals surface area contributed by atoms with E-state index in [4.69, 9.17) is 4.74 Å². The normalized spacial score (nSPS) is 18.2. The van der Waals surface area contributed by atoms with Crippen molar-refractivity contribution in [3.63, 3.8) is 0 Å². The van der Waals surface area contributed by atoms with Crippen LogP contribution in [-0.4, -0.2) is 12.4 Å². The lowest BCUT2D eigenvalue weighted by molar-refractivity contribution is -0.118. The van der Waals surface area contributed by atoms with Crippen molar-refractivity contribution in [3.05, 3.63) is 35.9 Å². The number of carbonyl (C=O) groups excluding carboxylic acids is 1. The lowest BCUT2D eigenvalue weighted by atomic mass is 9.83. The molecule has 1 aliphatic rings. The first-order valence-electron chi connectivity index (χ1n) is 8.72. The zero-order valence-corrected chi connectivity index (χ0v) is 13.9. The molecule has 0 aliphatic heterocycles. The Bertz CT molecular complexity index is 499. The minimum atomic E-state index is 0.250. The molecular weight excluding hydrogens is 272 g/mol. The van der Waals surface area contributed by atoms with Crippen LogP contribution in [0.15, 0.2) is 30.3 Å². The van der Waals surface area contributed by atoms with Crippen LogP contribution < -0.4 is 4.74 Å². The second-order valence-corrected chi connectivity index (χ2v) is 6.18. The van der Waals surface area contributed by atoms with E-state index in [0.29, 0.717) is 5.78 Å². The Morgan fingerprint density at radius 2 is 1.82 bits per heavy atom. The first-order valence-corrected chi connectivity index (χ1v) is 8.72. The van der Waals surface area contributed by atoms with E-state index >= 15 is 0 Å². The topological polar surface area (TPSA) is 26.3 Å². The highest BCUT2D eigenvalue weighted by molar-refractivity contribution is 5.99. The summed E-state index contributed by atoms with van der Waals surface area (Å²) in [4.78, 5) is 12.2. The van der Waals surface area contributed by atoms with Gasteiger partial charge in [-0.05, 0) is 55.0 Å². The van der Waals surface area contributed by atoms with Crippen LogP contribution in [0, 0.1) is 5.92 Å². The molecule has 0 N–H and O–H groups in total. The highest BCUT2D eigenvalue weighted by Gasteiger charge is 2.22. The smallest absolute Gasteiger partial charge is 0.159 e. The molecule has 0 saturated heterocycles. The van der Waals surface area contributed by atoms with E-state index in [0.717, 1.165) is 56.4 Å². The van der Waals surface area contributed by atoms with E-state index in [9.17, 15) is 4.79 Å². The largest absolute Gasteiger partial charge is 0.494 e. The minimum Gasteiger partial charge on any atom is -0.494 e. The summed E-state index contributed by atoms with van der Waals surface area (Å²) < 4.78 is 5.68. The van der Waals surface area contributed by atoms with Crippen molar-refractivity contribution in [2.24, 2.45) is 5.92 Å². The maximum absolute atomic E-state index is 12.2. The van der Waals surface area contributed by atoms with Crippen LogP contribution >= 0.6 is 0 Å². The third-order valence-corrected chi connectivity index (χ3v) is 4.38. The zero-order chi connectivity index (χ0) is 15.8. The summed E-state index contributed by atoms with van der Waals surface area (Å²) in [6.45, 7) is 5.11. The van der Waals surface area contributed by atoms with Crippen LogP contribution in [0.25, 0.3) is 5.57 Å². The second-order valence-electron chi connectivity index (χ2n) is 6.18. The number of ketones is 1. The fourth-order valence-corrected chi connectivity index (χ4v) is 2.90. The molecule has 0 fully saturated rings. The van der Waals surface area contributed by atoms with Crippen molar-refractivity contribution in [1.29, 1.82) is 0 Å². The van der Waals surface area contributed by atoms with Crippen LogP contribution in [0.4, 0.5) is 0 Å². The Balaban J connectivity index is 1.95. The third kappa shape index (κ3) is 4.72. The minimum absolute atomic E-state index is 0.250. The Morgan fingerprint density at radius 1 is 1.09 bits per heavy atom. The number of allylic oxidation sites excluding steroid dienone is 2. The predicted molar refractivity (Wildman–Crippen MR) is 92.1 cm³/mol. The number of hydrogen-bond donors (Lipinski definition) is 0. The number of unbranched alkanes of at least 4 members (excludes halogenated alkanes) is 2. The van der Waals surface area contributed by atoms with Gasteiger partial charge in [-0.1, -0.05) is 45.2 Å². The summed E-state index contributed by atoms with van der Waals surface area (Å²) in [6, 6.07) is 8.18. The Labute approximate surface area is 134 Å². The molecule has 1 aliphatic carbocycles. The van der Waals surface area contributed by atoms with Gasteiger partial charge in [-0.25, -0.2) is 0 Å². The highest BCUT2D eigenvalue weighted by Crippen LogP contribution is 2.31. The summed E-state index contributed by atoms with van der Waals surface area (Å²) in [6.07, 6.45) is 9.48. The molecule has 0 bridgehead atoms. The van der Waals surface area contributed by atoms with E-state index < -0.39 is 0 Å². The van der Waals surface area contributed by atoms with Crippen molar-refractivity contribution in [2.45, 2.75) is 58.8 Å². The van der Waals surface area contributed by atoms with Crippen LogP contribution in [0.1, 0.15) is 64.4 Å². The number of benzene rings is 1. The molecular formula is C20H28O2. The molecule has 1 aromatic carbocycles. The fraction of sp³-hybridized carbons (Fsp3) is 0.550. The average molecular weight is 300 g/mol. The molecule has 1 unspecified atom stereocenters. The van der Waals surface area contributed by atoms with Gasteiger partial charge in [0.2, 0.25) is 0 Å². The van der Waals surface area contributed by atoms with Crippen molar-refractivity contribution in [2.75, 3.05) is 6.61 Å². The van der Waals surface area contributed by atoms with E-state index in [2.05, 4.69) is 26.0 Å². The fourth-order valence-electron chi connectivity index (χ4n) is 2.90. The first-order chi connectivity index (χ1) is 10.7. The van der Waals surface area contributed by atoms with E-state index in [1.54, 1.807) is 0 Å². The molecule has 0 spiro atoms. The molecule has 0 amide bonds. The molecule has 2 rings (SSSR count). The molecule has 2 heteroatoms. The molecule has 0 radical (unpaired) electrons. The van der Waals surface area contributed by atoms with Crippen molar-refractivity contribution in [3.8, 4) is 5.75 Å². The van der Waals surface area contributed by atoms with E-state index in [1.807, 2.05) is 18.2 Å². The molecule has 0 saturated carbocycles. The standard InChI is InChI=1S/C20H28O2/c1-3-5-7-17-8-9-18(15-20(17)21)16-10-12-19(13-11-16)22-14-6-4-2/h10-13,15,17H,3-9,14H2,1-2H3. The van der Waals surface area contributed by atoms with Gasteiger partial charge in [0.25, 0.3) is 0 Å². The predicted octanol–water partition coefficient (Wildman–Crippen LogP) is 5.42. The maximum Gasteiger partial charge on any atom is 0.159 e. The van der Waals surface area contributed by atoms with Gasteiger partial charge >= 0.3 is 0 Å². The third-order valence-electron chi connectivity index (χ3n) is 4.38. The number of ether oxygens (including phenoxy) is 1. The van der Waals surface area contributed by atoms with Gasteiger partial charge in [-0.15, -0.1) is 0 Å². The second kappa shape index (κ2) is 8.77. The summed E-state index contributed by atoms with van der Waals surface area (Å²) in [5, 5.41) is 0. The lowest BCUT2D eigenvalue weighted by Crippen LogP contribution is -2.17. The Morgan fingerprint density at radius 3 is 2.45 bits per heavy atom. The van der Waals surface area contributed by atoms with Gasteiger partial charge in [0.05, 0.1) is 6.61 Å². The Kier molecular flexibility index (Phi) is 6.70. The maximum atomic E-state index is 12.2. The molecule has 1 atom stereocenters. The van der Waals surface area contributed by atoms with Crippen LogP contribution in [0.3, 0.4) is 0 Å². The van der Waals surface area contributed by atoms with Crippen molar-refractivity contribution >= 4 is 11.4 Å². The monoisotopic (exact) mass is 300 g/mol. The van der Waals surface area contributed by atoms with Gasteiger partial charge in [-0.3, -0.25) is 4.79 Å². The van der Waals surface area contributed by atoms with Crippen LogP contribution in [0.2, 0.25) is 0 Å². The summed E-state index contributed by atoms with van der Waals surface area (Å²) in [7, 11) is 0. The average Bonchev–Trinajstić information content (AvgIpc) is 2.54. The summed E-state index contributed by atoms with van der Waals surface area (Å²) >= 11 is 0. The SMILES string of the molecule is CCCCOc1ccc(C2=CC(=O)C(CCCC)CC2)cc1.